The summed E-state index contributed by atoms with van der Waals surface area (Å²) in [5, 5.41) is 16.0. The third kappa shape index (κ3) is 3.81. The second-order valence-electron chi connectivity index (χ2n) is 6.18. The lowest BCUT2D eigenvalue weighted by Crippen LogP contribution is -2.43. The molecule has 2 aromatic heterocycles. The van der Waals surface area contributed by atoms with E-state index in [1.54, 1.807) is 6.20 Å². The summed E-state index contributed by atoms with van der Waals surface area (Å²) in [6.07, 6.45) is 1.77. The highest BCUT2D eigenvalue weighted by Gasteiger charge is 2.14. The molecule has 0 unspecified atom stereocenters. The van der Waals surface area contributed by atoms with E-state index in [4.69, 9.17) is 4.98 Å². The van der Waals surface area contributed by atoms with Crippen molar-refractivity contribution in [2.75, 3.05) is 36.4 Å². The highest BCUT2D eigenvalue weighted by Crippen LogP contribution is 2.24. The van der Waals surface area contributed by atoms with Crippen LogP contribution in [0.4, 0.5) is 11.6 Å². The number of nitrogens with zero attached hydrogens (tertiary/aromatic N) is 4. The molecule has 0 bridgehead atoms. The molecule has 0 aliphatic carbocycles. The lowest BCUT2D eigenvalue weighted by Gasteiger charge is -2.28. The summed E-state index contributed by atoms with van der Waals surface area (Å²) in [7, 11) is 0. The maximum atomic E-state index is 9.37. The zero-order valence-corrected chi connectivity index (χ0v) is 14.1. The summed E-state index contributed by atoms with van der Waals surface area (Å²) < 4.78 is 0. The lowest BCUT2D eigenvalue weighted by atomic mass is 10.1. The van der Waals surface area contributed by atoms with Crippen molar-refractivity contribution in [1.82, 2.24) is 15.3 Å². The minimum absolute atomic E-state index is 0.308. The van der Waals surface area contributed by atoms with Crippen molar-refractivity contribution in [3.8, 4) is 17.3 Å². The number of rotatable bonds is 4. The first kappa shape index (κ1) is 16.2. The largest absolute Gasteiger partial charge is 0.368 e. The van der Waals surface area contributed by atoms with Crippen LogP contribution in [0.1, 0.15) is 19.4 Å². The molecule has 124 valence electrons. The fraction of sp³-hybridized carbons (Fsp3) is 0.389. The molecule has 1 fully saturated rings. The molecule has 6 nitrogen and oxygen atoms in total. The number of piperazine rings is 1. The van der Waals surface area contributed by atoms with E-state index in [0.29, 0.717) is 11.6 Å². The summed E-state index contributed by atoms with van der Waals surface area (Å²) in [5.41, 5.74) is 2.39. The van der Waals surface area contributed by atoms with E-state index >= 15 is 0 Å². The predicted molar refractivity (Wildman–Crippen MR) is 96.0 cm³/mol. The van der Waals surface area contributed by atoms with Crippen LogP contribution in [0.3, 0.4) is 0 Å². The van der Waals surface area contributed by atoms with Gasteiger partial charge in [-0.15, -0.1) is 0 Å². The normalized spacial score (nSPS) is 14.5. The zero-order chi connectivity index (χ0) is 16.9. The topological polar surface area (TPSA) is 76.9 Å². The van der Waals surface area contributed by atoms with Crippen molar-refractivity contribution < 1.29 is 0 Å². The molecule has 3 heterocycles. The average Bonchev–Trinajstić information content (AvgIpc) is 2.61. The van der Waals surface area contributed by atoms with Crippen LogP contribution in [0.25, 0.3) is 11.3 Å². The molecule has 6 heteroatoms. The van der Waals surface area contributed by atoms with Crippen LogP contribution in [0.5, 0.6) is 0 Å². The van der Waals surface area contributed by atoms with Crippen LogP contribution >= 0.6 is 0 Å². The van der Waals surface area contributed by atoms with E-state index in [9.17, 15) is 5.26 Å². The van der Waals surface area contributed by atoms with Crippen molar-refractivity contribution >= 4 is 11.6 Å². The Bertz CT molecular complexity index is 743. The molecular formula is C18H22N6. The third-order valence-electron chi connectivity index (χ3n) is 3.87. The fourth-order valence-corrected chi connectivity index (χ4v) is 2.75. The first-order chi connectivity index (χ1) is 11.7. The maximum Gasteiger partial charge on any atom is 0.130 e. The van der Waals surface area contributed by atoms with Crippen LogP contribution in [0.15, 0.2) is 30.5 Å². The molecule has 0 atom stereocenters. The van der Waals surface area contributed by atoms with Crippen molar-refractivity contribution in [3.05, 3.63) is 36.0 Å². The first-order valence-electron chi connectivity index (χ1n) is 8.26. The SMILES string of the molecule is CC(C)Nc1cc(-c2cc(C#N)cc(N3CCNCC3)n2)ccn1. The molecule has 0 spiro atoms. The Morgan fingerprint density at radius 3 is 2.75 bits per heavy atom. The standard InChI is InChI=1S/C18H22N6/c1-13(2)22-17-11-15(3-4-21-17)16-9-14(12-19)10-18(23-16)24-7-5-20-6-8-24/h3-4,9-11,13,20H,5-8H2,1-2H3,(H,21,22). The highest BCUT2D eigenvalue weighted by atomic mass is 15.2. The fourth-order valence-electron chi connectivity index (χ4n) is 2.75. The molecule has 3 rings (SSSR count). The Morgan fingerprint density at radius 1 is 1.25 bits per heavy atom. The minimum Gasteiger partial charge on any atom is -0.368 e. The van der Waals surface area contributed by atoms with Gasteiger partial charge < -0.3 is 15.5 Å². The average molecular weight is 322 g/mol. The van der Waals surface area contributed by atoms with Crippen LogP contribution in [-0.2, 0) is 0 Å². The molecule has 0 amide bonds. The number of hydrogen-bond acceptors (Lipinski definition) is 6. The van der Waals surface area contributed by atoms with Gasteiger partial charge in [-0.25, -0.2) is 9.97 Å². The van der Waals surface area contributed by atoms with Gasteiger partial charge in [0.15, 0.2) is 0 Å². The van der Waals surface area contributed by atoms with Gasteiger partial charge in [0.2, 0.25) is 0 Å². The third-order valence-corrected chi connectivity index (χ3v) is 3.87. The number of hydrogen-bond donors (Lipinski definition) is 2. The molecule has 1 saturated heterocycles. The van der Waals surface area contributed by atoms with E-state index in [0.717, 1.165) is 49.1 Å². The van der Waals surface area contributed by atoms with Gasteiger partial charge in [-0.1, -0.05) is 0 Å². The van der Waals surface area contributed by atoms with Crippen LogP contribution in [-0.4, -0.2) is 42.2 Å². The number of anilines is 2. The summed E-state index contributed by atoms with van der Waals surface area (Å²) in [4.78, 5) is 11.3. The van der Waals surface area contributed by atoms with Gasteiger partial charge in [0, 0.05) is 44.0 Å². The van der Waals surface area contributed by atoms with E-state index in [2.05, 4.69) is 40.4 Å². The molecule has 0 radical (unpaired) electrons. The van der Waals surface area contributed by atoms with Gasteiger partial charge in [0.1, 0.15) is 11.6 Å². The highest BCUT2D eigenvalue weighted by molar-refractivity contribution is 5.67. The Labute approximate surface area is 142 Å². The maximum absolute atomic E-state index is 9.37. The molecule has 2 aromatic rings. The molecule has 1 aliphatic heterocycles. The predicted octanol–water partition coefficient (Wildman–Crippen LogP) is 2.25. The minimum atomic E-state index is 0.308. The smallest absolute Gasteiger partial charge is 0.130 e. The van der Waals surface area contributed by atoms with Crippen molar-refractivity contribution in [2.45, 2.75) is 19.9 Å². The van der Waals surface area contributed by atoms with Crippen molar-refractivity contribution in [1.29, 1.82) is 5.26 Å². The zero-order valence-electron chi connectivity index (χ0n) is 14.1. The quantitative estimate of drug-likeness (QED) is 0.899. The lowest BCUT2D eigenvalue weighted by molar-refractivity contribution is 0.585. The second kappa shape index (κ2) is 7.28. The Morgan fingerprint density at radius 2 is 2.04 bits per heavy atom. The molecule has 0 aromatic carbocycles. The Balaban J connectivity index is 1.96. The molecule has 0 saturated carbocycles. The molecule has 2 N–H and O–H groups in total. The van der Waals surface area contributed by atoms with Gasteiger partial charge in [-0.2, -0.15) is 5.26 Å². The van der Waals surface area contributed by atoms with Crippen LogP contribution in [0, 0.1) is 11.3 Å². The van der Waals surface area contributed by atoms with Gasteiger partial charge in [0.25, 0.3) is 0 Å². The number of nitrogens with one attached hydrogen (secondary N) is 2. The Hall–Kier alpha value is -2.65. The second-order valence-corrected chi connectivity index (χ2v) is 6.18. The van der Waals surface area contributed by atoms with Gasteiger partial charge in [-0.05, 0) is 38.1 Å². The van der Waals surface area contributed by atoms with E-state index < -0.39 is 0 Å². The summed E-state index contributed by atoms with van der Waals surface area (Å²) in [5.74, 6) is 1.68. The van der Waals surface area contributed by atoms with Crippen molar-refractivity contribution in [3.63, 3.8) is 0 Å². The number of aromatic nitrogens is 2. The van der Waals surface area contributed by atoms with Gasteiger partial charge in [0.05, 0.1) is 17.3 Å². The molecule has 1 aliphatic rings. The van der Waals surface area contributed by atoms with Gasteiger partial charge in [-0.3, -0.25) is 0 Å². The van der Waals surface area contributed by atoms with E-state index in [1.807, 2.05) is 24.3 Å². The molecule has 24 heavy (non-hydrogen) atoms. The van der Waals surface area contributed by atoms with Crippen LogP contribution < -0.4 is 15.5 Å². The number of pyridine rings is 2. The summed E-state index contributed by atoms with van der Waals surface area (Å²) >= 11 is 0. The van der Waals surface area contributed by atoms with Crippen LogP contribution in [0.2, 0.25) is 0 Å². The van der Waals surface area contributed by atoms with E-state index in [-0.39, 0.29) is 0 Å². The van der Waals surface area contributed by atoms with E-state index in [1.165, 1.54) is 0 Å². The van der Waals surface area contributed by atoms with Gasteiger partial charge >= 0.3 is 0 Å². The summed E-state index contributed by atoms with van der Waals surface area (Å²) in [6.45, 7) is 7.82. The van der Waals surface area contributed by atoms with Crippen molar-refractivity contribution in [2.24, 2.45) is 0 Å². The number of nitriles is 1. The Kier molecular flexibility index (Phi) is 4.92. The summed E-state index contributed by atoms with van der Waals surface area (Å²) in [6, 6.07) is 10.2. The monoisotopic (exact) mass is 322 g/mol. The molecular weight excluding hydrogens is 300 g/mol. The first-order valence-corrected chi connectivity index (χ1v) is 8.26.